The van der Waals surface area contributed by atoms with Crippen molar-refractivity contribution in [1.82, 2.24) is 0 Å². The monoisotopic (exact) mass is 219 g/mol. The van der Waals surface area contributed by atoms with Crippen molar-refractivity contribution in [2.24, 2.45) is 5.92 Å². The van der Waals surface area contributed by atoms with E-state index in [0.717, 1.165) is 29.7 Å². The minimum Gasteiger partial charge on any atom is -0.325 e. The molecule has 88 valence electrons. The lowest BCUT2D eigenvalue weighted by atomic mass is 10.0. The molecule has 0 bridgehead atoms. The predicted molar refractivity (Wildman–Crippen MR) is 68.6 cm³/mol. The highest BCUT2D eigenvalue weighted by molar-refractivity contribution is 5.93. The number of carbonyl (C=O) groups excluding carboxylic acids is 1. The second-order valence-corrected chi connectivity index (χ2v) is 4.45. The molecule has 1 aromatic rings. The molecule has 2 heteroatoms. The van der Waals surface area contributed by atoms with Crippen molar-refractivity contribution in [3.05, 3.63) is 29.3 Å². The molecular formula is C14H21NO. The van der Waals surface area contributed by atoms with Gasteiger partial charge in [-0.05, 0) is 31.4 Å². The van der Waals surface area contributed by atoms with Crippen molar-refractivity contribution in [2.45, 2.75) is 40.5 Å². The molecule has 0 saturated carbocycles. The number of amides is 1. The van der Waals surface area contributed by atoms with E-state index in [-0.39, 0.29) is 11.8 Å². The average molecular weight is 219 g/mol. The van der Waals surface area contributed by atoms with Crippen LogP contribution >= 0.6 is 0 Å². The zero-order chi connectivity index (χ0) is 12.1. The van der Waals surface area contributed by atoms with Crippen LogP contribution in [0.2, 0.25) is 0 Å². The number of para-hydroxylation sites is 1. The minimum atomic E-state index is 0.0870. The zero-order valence-electron chi connectivity index (χ0n) is 10.6. The Labute approximate surface area is 98.1 Å². The molecule has 1 N–H and O–H groups in total. The van der Waals surface area contributed by atoms with E-state index in [1.54, 1.807) is 0 Å². The van der Waals surface area contributed by atoms with Crippen LogP contribution in [0.4, 0.5) is 5.69 Å². The molecule has 1 amide bonds. The van der Waals surface area contributed by atoms with Gasteiger partial charge in [-0.3, -0.25) is 4.79 Å². The van der Waals surface area contributed by atoms with Crippen molar-refractivity contribution in [3.8, 4) is 0 Å². The van der Waals surface area contributed by atoms with E-state index >= 15 is 0 Å². The van der Waals surface area contributed by atoms with Crippen LogP contribution in [-0.4, -0.2) is 5.91 Å². The van der Waals surface area contributed by atoms with E-state index in [1.165, 1.54) is 0 Å². The molecule has 1 rings (SSSR count). The summed E-state index contributed by atoms with van der Waals surface area (Å²) in [7, 11) is 0. The fourth-order valence-corrected chi connectivity index (χ4v) is 1.82. The first-order valence-electron chi connectivity index (χ1n) is 5.93. The molecule has 0 aliphatic heterocycles. The third-order valence-corrected chi connectivity index (χ3v) is 2.90. The Morgan fingerprint density at radius 2 is 1.88 bits per heavy atom. The molecule has 1 aromatic carbocycles. The van der Waals surface area contributed by atoms with E-state index in [1.807, 2.05) is 39.0 Å². The fourth-order valence-electron chi connectivity index (χ4n) is 1.82. The van der Waals surface area contributed by atoms with Gasteiger partial charge in [0.1, 0.15) is 0 Å². The Morgan fingerprint density at radius 3 is 2.38 bits per heavy atom. The highest BCUT2D eigenvalue weighted by Gasteiger charge is 2.13. The van der Waals surface area contributed by atoms with Crippen LogP contribution < -0.4 is 5.32 Å². The van der Waals surface area contributed by atoms with Crippen molar-refractivity contribution in [2.75, 3.05) is 5.32 Å². The topological polar surface area (TPSA) is 29.1 Å². The predicted octanol–water partition coefficient (Wildman–Crippen LogP) is 3.68. The molecule has 2 nitrogen and oxygen atoms in total. The summed E-state index contributed by atoms with van der Waals surface area (Å²) in [6, 6.07) is 6.05. The summed E-state index contributed by atoms with van der Waals surface area (Å²) < 4.78 is 0. The van der Waals surface area contributed by atoms with Gasteiger partial charge in [-0.25, -0.2) is 0 Å². The molecule has 0 heterocycles. The molecule has 0 saturated heterocycles. The first-order valence-corrected chi connectivity index (χ1v) is 5.93. The SMILES string of the molecule is CCC[C@H](C)C(=O)Nc1c(C)cccc1C. The van der Waals surface area contributed by atoms with Crippen molar-refractivity contribution in [1.29, 1.82) is 0 Å². The third kappa shape index (κ3) is 3.09. The van der Waals surface area contributed by atoms with Crippen LogP contribution in [0.3, 0.4) is 0 Å². The lowest BCUT2D eigenvalue weighted by Gasteiger charge is -2.14. The Morgan fingerprint density at radius 1 is 1.31 bits per heavy atom. The maximum absolute atomic E-state index is 11.9. The average Bonchev–Trinajstić information content (AvgIpc) is 2.23. The summed E-state index contributed by atoms with van der Waals surface area (Å²) >= 11 is 0. The lowest BCUT2D eigenvalue weighted by Crippen LogP contribution is -2.21. The number of carbonyl (C=O) groups is 1. The fraction of sp³-hybridized carbons (Fsp3) is 0.500. The van der Waals surface area contributed by atoms with Gasteiger partial charge in [0.2, 0.25) is 5.91 Å². The first kappa shape index (κ1) is 12.8. The number of anilines is 1. The normalized spacial score (nSPS) is 12.2. The zero-order valence-corrected chi connectivity index (χ0v) is 10.6. The van der Waals surface area contributed by atoms with Crippen LogP contribution in [0.25, 0.3) is 0 Å². The summed E-state index contributed by atoms with van der Waals surface area (Å²) in [5, 5.41) is 3.02. The number of benzene rings is 1. The summed E-state index contributed by atoms with van der Waals surface area (Å²) in [4.78, 5) is 11.9. The molecule has 0 unspecified atom stereocenters. The minimum absolute atomic E-state index is 0.0870. The molecule has 0 radical (unpaired) electrons. The molecular weight excluding hydrogens is 198 g/mol. The van der Waals surface area contributed by atoms with Gasteiger partial charge in [0.25, 0.3) is 0 Å². The summed E-state index contributed by atoms with van der Waals surface area (Å²) in [6.07, 6.45) is 1.98. The summed E-state index contributed by atoms with van der Waals surface area (Å²) in [6.45, 7) is 8.12. The summed E-state index contributed by atoms with van der Waals surface area (Å²) in [5.74, 6) is 0.211. The molecule has 0 fully saturated rings. The Kier molecular flexibility index (Phi) is 4.53. The van der Waals surface area contributed by atoms with Crippen LogP contribution in [0.5, 0.6) is 0 Å². The standard InChI is InChI=1S/C14H21NO/c1-5-7-12(4)14(16)15-13-10(2)8-6-9-11(13)3/h6,8-9,12H,5,7H2,1-4H3,(H,15,16)/t12-/m0/s1. The number of nitrogens with one attached hydrogen (secondary N) is 1. The van der Waals surface area contributed by atoms with Gasteiger partial charge in [0.15, 0.2) is 0 Å². The smallest absolute Gasteiger partial charge is 0.227 e. The van der Waals surface area contributed by atoms with Crippen LogP contribution in [0, 0.1) is 19.8 Å². The Hall–Kier alpha value is -1.31. The quantitative estimate of drug-likeness (QED) is 0.822. The van der Waals surface area contributed by atoms with E-state index in [4.69, 9.17) is 0 Å². The van der Waals surface area contributed by atoms with E-state index in [9.17, 15) is 4.79 Å². The van der Waals surface area contributed by atoms with E-state index in [2.05, 4.69) is 12.2 Å². The van der Waals surface area contributed by atoms with Gasteiger partial charge in [-0.1, -0.05) is 38.5 Å². The second kappa shape index (κ2) is 5.69. The molecule has 0 aliphatic rings. The maximum atomic E-state index is 11.9. The lowest BCUT2D eigenvalue weighted by molar-refractivity contribution is -0.119. The van der Waals surface area contributed by atoms with Crippen LogP contribution in [0.15, 0.2) is 18.2 Å². The molecule has 16 heavy (non-hydrogen) atoms. The molecule has 1 atom stereocenters. The van der Waals surface area contributed by atoms with Gasteiger partial charge in [-0.15, -0.1) is 0 Å². The number of aryl methyl sites for hydroxylation is 2. The van der Waals surface area contributed by atoms with Crippen molar-refractivity contribution >= 4 is 11.6 Å². The largest absolute Gasteiger partial charge is 0.325 e. The number of rotatable bonds is 4. The molecule has 0 spiro atoms. The van der Waals surface area contributed by atoms with Crippen LogP contribution in [0.1, 0.15) is 37.8 Å². The van der Waals surface area contributed by atoms with E-state index in [0.29, 0.717) is 0 Å². The molecule has 0 aromatic heterocycles. The Balaban J connectivity index is 2.77. The molecule has 0 aliphatic carbocycles. The van der Waals surface area contributed by atoms with Gasteiger partial charge in [0, 0.05) is 11.6 Å². The summed E-state index contributed by atoms with van der Waals surface area (Å²) in [5.41, 5.74) is 3.21. The Bertz CT molecular complexity index is 351. The first-order chi connectivity index (χ1) is 7.56. The number of hydrogen-bond acceptors (Lipinski definition) is 1. The second-order valence-electron chi connectivity index (χ2n) is 4.45. The third-order valence-electron chi connectivity index (χ3n) is 2.90. The van der Waals surface area contributed by atoms with Crippen LogP contribution in [-0.2, 0) is 4.79 Å². The number of hydrogen-bond donors (Lipinski definition) is 1. The van der Waals surface area contributed by atoms with Gasteiger partial charge in [-0.2, -0.15) is 0 Å². The highest BCUT2D eigenvalue weighted by Crippen LogP contribution is 2.20. The van der Waals surface area contributed by atoms with Crippen molar-refractivity contribution in [3.63, 3.8) is 0 Å². The van der Waals surface area contributed by atoms with Gasteiger partial charge >= 0.3 is 0 Å². The maximum Gasteiger partial charge on any atom is 0.227 e. The van der Waals surface area contributed by atoms with E-state index < -0.39 is 0 Å². The highest BCUT2D eigenvalue weighted by atomic mass is 16.1. The van der Waals surface area contributed by atoms with Gasteiger partial charge in [0.05, 0.1) is 0 Å². The van der Waals surface area contributed by atoms with Crippen molar-refractivity contribution < 1.29 is 4.79 Å². The van der Waals surface area contributed by atoms with Gasteiger partial charge < -0.3 is 5.32 Å².